The largest absolute Gasteiger partial charge is 0.493 e. The predicted octanol–water partition coefficient (Wildman–Crippen LogP) is 2.37. The van der Waals surface area contributed by atoms with Crippen molar-refractivity contribution < 1.29 is 14.2 Å². The van der Waals surface area contributed by atoms with E-state index in [-0.39, 0.29) is 0 Å². The first-order chi connectivity index (χ1) is 13.3. The van der Waals surface area contributed by atoms with Crippen molar-refractivity contribution in [3.05, 3.63) is 36.0 Å². The van der Waals surface area contributed by atoms with Crippen LogP contribution in [0.15, 0.2) is 30.5 Å². The van der Waals surface area contributed by atoms with Crippen LogP contribution in [0, 0.1) is 11.3 Å². The molecule has 7 heteroatoms. The fourth-order valence-electron chi connectivity index (χ4n) is 3.18. The summed E-state index contributed by atoms with van der Waals surface area (Å²) in [6.45, 7) is 4.82. The Morgan fingerprint density at radius 1 is 1.15 bits per heavy atom. The van der Waals surface area contributed by atoms with Crippen LogP contribution >= 0.6 is 0 Å². The number of rotatable bonds is 5. The van der Waals surface area contributed by atoms with Crippen LogP contribution < -0.4 is 9.47 Å². The standard InChI is InChI=1S/C20H20N4O3/c1-25-18-10-15-9-16-8-14(12-21)13-22-20(16)23-17(15)11-19(18)27-7-4-24-2-5-26-6-3-24/h8-11,13H,2-7H2,1H3. The highest BCUT2D eigenvalue weighted by Crippen LogP contribution is 2.33. The van der Waals surface area contributed by atoms with Crippen molar-refractivity contribution in [3.63, 3.8) is 0 Å². The molecule has 7 nitrogen and oxygen atoms in total. The van der Waals surface area contributed by atoms with Gasteiger partial charge >= 0.3 is 0 Å². The molecule has 0 bridgehead atoms. The summed E-state index contributed by atoms with van der Waals surface area (Å²) in [5.74, 6) is 1.33. The first-order valence-corrected chi connectivity index (χ1v) is 8.88. The Bertz CT molecular complexity index is 1010. The van der Waals surface area contributed by atoms with E-state index in [0.29, 0.717) is 29.3 Å². The lowest BCUT2D eigenvalue weighted by atomic mass is 10.1. The lowest BCUT2D eigenvalue weighted by Crippen LogP contribution is -2.38. The van der Waals surface area contributed by atoms with Gasteiger partial charge in [0.2, 0.25) is 0 Å². The van der Waals surface area contributed by atoms with Gasteiger partial charge in [-0.25, -0.2) is 9.97 Å². The Kier molecular flexibility index (Phi) is 5.01. The molecule has 0 N–H and O–H groups in total. The molecule has 0 amide bonds. The smallest absolute Gasteiger partial charge is 0.163 e. The number of methoxy groups -OCH3 is 1. The van der Waals surface area contributed by atoms with Crippen LogP contribution in [0.2, 0.25) is 0 Å². The summed E-state index contributed by atoms with van der Waals surface area (Å²) in [4.78, 5) is 11.2. The SMILES string of the molecule is COc1cc2cc3cc(C#N)cnc3nc2cc1OCCN1CCOCC1. The van der Waals surface area contributed by atoms with Crippen LogP contribution in [-0.2, 0) is 4.74 Å². The van der Waals surface area contributed by atoms with Gasteiger partial charge in [0.05, 0.1) is 31.4 Å². The van der Waals surface area contributed by atoms with Gasteiger partial charge in [0.1, 0.15) is 12.7 Å². The number of ether oxygens (including phenoxy) is 3. The van der Waals surface area contributed by atoms with Crippen LogP contribution in [-0.4, -0.2) is 61.4 Å². The van der Waals surface area contributed by atoms with Gasteiger partial charge in [-0.05, 0) is 18.2 Å². The molecule has 138 valence electrons. The molecule has 0 unspecified atom stereocenters. The van der Waals surface area contributed by atoms with Crippen molar-refractivity contribution >= 4 is 21.9 Å². The summed E-state index contributed by atoms with van der Waals surface area (Å²) in [6, 6.07) is 9.64. The summed E-state index contributed by atoms with van der Waals surface area (Å²) >= 11 is 0. The molecule has 3 heterocycles. The highest BCUT2D eigenvalue weighted by molar-refractivity contribution is 5.93. The molecule has 1 aliphatic heterocycles. The van der Waals surface area contributed by atoms with E-state index < -0.39 is 0 Å². The van der Waals surface area contributed by atoms with Crippen molar-refractivity contribution in [2.75, 3.05) is 46.6 Å². The van der Waals surface area contributed by atoms with Crippen LogP contribution in [0.5, 0.6) is 11.5 Å². The summed E-state index contributed by atoms with van der Waals surface area (Å²) < 4.78 is 16.8. The van der Waals surface area contributed by atoms with Gasteiger partial charge in [0.25, 0.3) is 0 Å². The maximum Gasteiger partial charge on any atom is 0.163 e. The van der Waals surface area contributed by atoms with Gasteiger partial charge in [0, 0.05) is 42.7 Å². The van der Waals surface area contributed by atoms with Gasteiger partial charge in [-0.15, -0.1) is 0 Å². The second-order valence-corrected chi connectivity index (χ2v) is 6.37. The van der Waals surface area contributed by atoms with Crippen molar-refractivity contribution in [1.82, 2.24) is 14.9 Å². The second kappa shape index (κ2) is 7.74. The molecule has 1 saturated heterocycles. The maximum atomic E-state index is 9.05. The summed E-state index contributed by atoms with van der Waals surface area (Å²) in [7, 11) is 1.62. The molecule has 0 spiro atoms. The molecule has 2 aromatic heterocycles. The third kappa shape index (κ3) is 3.77. The monoisotopic (exact) mass is 364 g/mol. The summed E-state index contributed by atoms with van der Waals surface area (Å²) in [5, 5.41) is 10.8. The van der Waals surface area contributed by atoms with Crippen molar-refractivity contribution in [2.45, 2.75) is 0 Å². The quantitative estimate of drug-likeness (QED) is 0.643. The number of fused-ring (bicyclic) bond motifs is 2. The average Bonchev–Trinajstić information content (AvgIpc) is 2.72. The number of hydrogen-bond donors (Lipinski definition) is 0. The zero-order valence-electron chi connectivity index (χ0n) is 15.1. The van der Waals surface area contributed by atoms with Crippen LogP contribution in [0.3, 0.4) is 0 Å². The Balaban J connectivity index is 1.60. The van der Waals surface area contributed by atoms with Crippen LogP contribution in [0.1, 0.15) is 5.56 Å². The minimum atomic E-state index is 0.513. The number of benzene rings is 1. The molecular formula is C20H20N4O3. The molecular weight excluding hydrogens is 344 g/mol. The van der Waals surface area contributed by atoms with Gasteiger partial charge in [-0.2, -0.15) is 5.26 Å². The van der Waals surface area contributed by atoms with Gasteiger partial charge in [-0.3, -0.25) is 4.90 Å². The summed E-state index contributed by atoms with van der Waals surface area (Å²) in [6.07, 6.45) is 1.53. The van der Waals surface area contributed by atoms with E-state index >= 15 is 0 Å². The molecule has 1 aliphatic rings. The van der Waals surface area contributed by atoms with Crippen LogP contribution in [0.25, 0.3) is 21.9 Å². The highest BCUT2D eigenvalue weighted by Gasteiger charge is 2.13. The van der Waals surface area contributed by atoms with E-state index in [2.05, 4.69) is 20.9 Å². The van der Waals surface area contributed by atoms with E-state index in [1.54, 1.807) is 13.2 Å². The van der Waals surface area contributed by atoms with Crippen molar-refractivity contribution in [2.24, 2.45) is 0 Å². The van der Waals surface area contributed by atoms with E-state index in [9.17, 15) is 0 Å². The van der Waals surface area contributed by atoms with E-state index in [0.717, 1.165) is 49.1 Å². The summed E-state index contributed by atoms with van der Waals surface area (Å²) in [5.41, 5.74) is 1.89. The average molecular weight is 364 g/mol. The predicted molar refractivity (Wildman–Crippen MR) is 101 cm³/mol. The first-order valence-electron chi connectivity index (χ1n) is 8.88. The third-order valence-corrected chi connectivity index (χ3v) is 4.64. The maximum absolute atomic E-state index is 9.05. The fraction of sp³-hybridized carbons (Fsp3) is 0.350. The second-order valence-electron chi connectivity index (χ2n) is 6.37. The van der Waals surface area contributed by atoms with Gasteiger partial charge in [-0.1, -0.05) is 0 Å². The Morgan fingerprint density at radius 2 is 2.00 bits per heavy atom. The number of morpholine rings is 1. The van der Waals surface area contributed by atoms with E-state index in [4.69, 9.17) is 19.5 Å². The molecule has 0 atom stereocenters. The lowest BCUT2D eigenvalue weighted by molar-refractivity contribution is 0.0321. The van der Waals surface area contributed by atoms with E-state index in [1.165, 1.54) is 6.20 Å². The topological polar surface area (TPSA) is 80.5 Å². The normalized spacial score (nSPS) is 15.0. The number of nitrogens with zero attached hydrogens (tertiary/aromatic N) is 4. The Hall–Kier alpha value is -2.95. The molecule has 1 fully saturated rings. The highest BCUT2D eigenvalue weighted by atomic mass is 16.5. The number of nitriles is 1. The lowest BCUT2D eigenvalue weighted by Gasteiger charge is -2.26. The molecule has 1 aromatic carbocycles. The fourth-order valence-corrected chi connectivity index (χ4v) is 3.18. The molecule has 0 saturated carbocycles. The van der Waals surface area contributed by atoms with Gasteiger partial charge in [0.15, 0.2) is 17.1 Å². The third-order valence-electron chi connectivity index (χ3n) is 4.64. The number of hydrogen-bond acceptors (Lipinski definition) is 7. The number of aromatic nitrogens is 2. The minimum Gasteiger partial charge on any atom is -0.493 e. The molecule has 0 aliphatic carbocycles. The van der Waals surface area contributed by atoms with Crippen molar-refractivity contribution in [1.29, 1.82) is 5.26 Å². The van der Waals surface area contributed by atoms with Crippen LogP contribution in [0.4, 0.5) is 0 Å². The molecule has 4 rings (SSSR count). The zero-order valence-corrected chi connectivity index (χ0v) is 15.1. The molecule has 27 heavy (non-hydrogen) atoms. The Morgan fingerprint density at radius 3 is 2.78 bits per heavy atom. The zero-order chi connectivity index (χ0) is 18.6. The molecule has 3 aromatic rings. The minimum absolute atomic E-state index is 0.513. The Labute approximate surface area is 157 Å². The molecule has 0 radical (unpaired) electrons. The number of pyridine rings is 2. The van der Waals surface area contributed by atoms with Gasteiger partial charge < -0.3 is 14.2 Å². The van der Waals surface area contributed by atoms with E-state index in [1.807, 2.05) is 18.2 Å². The van der Waals surface area contributed by atoms with Crippen molar-refractivity contribution in [3.8, 4) is 17.6 Å². The first kappa shape index (κ1) is 17.5.